The monoisotopic (exact) mass is 396 g/mol. The Hall–Kier alpha value is -2.19. The van der Waals surface area contributed by atoms with Gasteiger partial charge in [0.2, 0.25) is 5.91 Å². The highest BCUT2D eigenvalue weighted by Crippen LogP contribution is 2.31. The number of carbonyl (C=O) groups excluding carboxylic acids is 1. The average molecular weight is 396 g/mol. The van der Waals surface area contributed by atoms with E-state index in [-0.39, 0.29) is 12.3 Å². The van der Waals surface area contributed by atoms with Gasteiger partial charge in [-0.15, -0.1) is 22.7 Å². The van der Waals surface area contributed by atoms with Crippen LogP contribution in [0.5, 0.6) is 0 Å². The second-order valence-corrected chi connectivity index (χ2v) is 7.62. The van der Waals surface area contributed by atoms with Gasteiger partial charge in [-0.3, -0.25) is 4.79 Å². The topological polar surface area (TPSA) is 33.2 Å². The molecule has 0 unspecified atom stereocenters. The fraction of sp³-hybridized carbons (Fsp3) is 0.222. The van der Waals surface area contributed by atoms with Crippen LogP contribution in [-0.4, -0.2) is 22.8 Å². The number of benzene rings is 1. The number of amides is 1. The molecular formula is C18H15F3N2OS2. The fourth-order valence-corrected chi connectivity index (χ4v) is 3.92. The van der Waals surface area contributed by atoms with Gasteiger partial charge in [0.1, 0.15) is 5.01 Å². The van der Waals surface area contributed by atoms with E-state index in [4.69, 9.17) is 0 Å². The van der Waals surface area contributed by atoms with Crippen molar-refractivity contribution in [3.05, 3.63) is 63.3 Å². The molecule has 0 N–H and O–H groups in total. The van der Waals surface area contributed by atoms with Crippen LogP contribution in [0.4, 0.5) is 13.2 Å². The number of halogens is 3. The van der Waals surface area contributed by atoms with E-state index in [2.05, 4.69) is 4.98 Å². The third kappa shape index (κ3) is 4.50. The molecule has 2 heterocycles. The van der Waals surface area contributed by atoms with Crippen LogP contribution in [0.1, 0.15) is 16.1 Å². The zero-order valence-corrected chi connectivity index (χ0v) is 15.4. The summed E-state index contributed by atoms with van der Waals surface area (Å²) in [6, 6.07) is 8.79. The highest BCUT2D eigenvalue weighted by molar-refractivity contribution is 7.13. The average Bonchev–Trinajstić information content (AvgIpc) is 3.26. The van der Waals surface area contributed by atoms with Gasteiger partial charge in [-0.25, -0.2) is 4.98 Å². The number of rotatable bonds is 5. The minimum atomic E-state index is -4.36. The van der Waals surface area contributed by atoms with Gasteiger partial charge < -0.3 is 4.90 Å². The largest absolute Gasteiger partial charge is 0.416 e. The summed E-state index contributed by atoms with van der Waals surface area (Å²) >= 11 is 2.91. The van der Waals surface area contributed by atoms with Gasteiger partial charge in [-0.2, -0.15) is 13.2 Å². The first-order chi connectivity index (χ1) is 12.3. The van der Waals surface area contributed by atoms with Crippen molar-refractivity contribution in [2.45, 2.75) is 19.1 Å². The molecule has 0 aliphatic carbocycles. The van der Waals surface area contributed by atoms with E-state index in [9.17, 15) is 18.0 Å². The maximum atomic E-state index is 12.6. The second-order valence-electron chi connectivity index (χ2n) is 5.73. The minimum absolute atomic E-state index is 0.0531. The van der Waals surface area contributed by atoms with Crippen LogP contribution < -0.4 is 0 Å². The molecule has 26 heavy (non-hydrogen) atoms. The summed E-state index contributed by atoms with van der Waals surface area (Å²) in [5.74, 6) is -0.0531. The lowest BCUT2D eigenvalue weighted by molar-refractivity contribution is -0.137. The molecule has 1 aromatic carbocycles. The van der Waals surface area contributed by atoms with Crippen molar-refractivity contribution < 1.29 is 18.0 Å². The molecule has 0 bridgehead atoms. The Morgan fingerprint density at radius 2 is 1.88 bits per heavy atom. The Morgan fingerprint density at radius 1 is 1.15 bits per heavy atom. The number of nitrogens with zero attached hydrogens (tertiary/aromatic N) is 2. The Balaban J connectivity index is 1.65. The van der Waals surface area contributed by atoms with Crippen molar-refractivity contribution in [1.82, 2.24) is 9.88 Å². The molecule has 136 valence electrons. The van der Waals surface area contributed by atoms with Gasteiger partial charge in [0, 0.05) is 22.9 Å². The SMILES string of the molecule is CN(Cc1cccs1)C(=O)Cc1csc(-c2ccc(C(F)(F)F)cc2)n1. The molecule has 3 rings (SSSR count). The standard InChI is InChI=1S/C18H15F3N2OS2/c1-23(10-15-3-2-8-25-15)16(24)9-14-11-26-17(22-14)12-4-6-13(7-5-12)18(19,20)21/h2-8,11H,9-10H2,1H3. The van der Waals surface area contributed by atoms with E-state index in [1.165, 1.54) is 23.5 Å². The van der Waals surface area contributed by atoms with Crippen LogP contribution in [0, 0.1) is 0 Å². The summed E-state index contributed by atoms with van der Waals surface area (Å²) in [6.45, 7) is 0.548. The van der Waals surface area contributed by atoms with E-state index >= 15 is 0 Å². The van der Waals surface area contributed by atoms with E-state index in [0.717, 1.165) is 17.0 Å². The molecule has 0 radical (unpaired) electrons. The van der Waals surface area contributed by atoms with E-state index in [1.54, 1.807) is 28.7 Å². The van der Waals surface area contributed by atoms with Crippen LogP contribution in [0.3, 0.4) is 0 Å². The third-order valence-electron chi connectivity index (χ3n) is 3.74. The number of hydrogen-bond donors (Lipinski definition) is 0. The molecule has 0 saturated carbocycles. The van der Waals surface area contributed by atoms with E-state index < -0.39 is 11.7 Å². The number of likely N-dealkylation sites (N-methyl/N-ethyl adjacent to an activating group) is 1. The smallest absolute Gasteiger partial charge is 0.340 e. The molecule has 0 spiro atoms. The number of aromatic nitrogens is 1. The van der Waals surface area contributed by atoms with Gasteiger partial charge in [0.15, 0.2) is 0 Å². The lowest BCUT2D eigenvalue weighted by atomic mass is 10.1. The van der Waals surface area contributed by atoms with Crippen LogP contribution in [0.25, 0.3) is 10.6 Å². The van der Waals surface area contributed by atoms with Crippen LogP contribution in [-0.2, 0) is 23.9 Å². The summed E-state index contributed by atoms with van der Waals surface area (Å²) in [7, 11) is 1.74. The molecule has 2 aromatic heterocycles. The summed E-state index contributed by atoms with van der Waals surface area (Å²) in [6.07, 6.45) is -4.19. The Morgan fingerprint density at radius 3 is 2.50 bits per heavy atom. The predicted octanol–water partition coefficient (Wildman–Crippen LogP) is 5.09. The molecule has 0 aliphatic rings. The number of carbonyl (C=O) groups is 1. The van der Waals surface area contributed by atoms with E-state index in [1.807, 2.05) is 17.5 Å². The molecule has 8 heteroatoms. The van der Waals surface area contributed by atoms with Crippen LogP contribution in [0.15, 0.2) is 47.2 Å². The number of thiazole rings is 1. The van der Waals surface area contributed by atoms with Crippen molar-refractivity contribution in [2.24, 2.45) is 0 Å². The minimum Gasteiger partial charge on any atom is -0.340 e. The summed E-state index contributed by atoms with van der Waals surface area (Å²) in [5, 5.41) is 4.33. The first kappa shape index (κ1) is 18.6. The van der Waals surface area contributed by atoms with Gasteiger partial charge in [-0.1, -0.05) is 18.2 Å². The number of alkyl halides is 3. The predicted molar refractivity (Wildman–Crippen MR) is 97.0 cm³/mol. The molecule has 3 aromatic rings. The number of thiophene rings is 1. The first-order valence-corrected chi connectivity index (χ1v) is 9.47. The van der Waals surface area contributed by atoms with Gasteiger partial charge in [0.05, 0.1) is 24.2 Å². The molecular weight excluding hydrogens is 381 g/mol. The van der Waals surface area contributed by atoms with Crippen LogP contribution in [0.2, 0.25) is 0 Å². The third-order valence-corrected chi connectivity index (χ3v) is 5.54. The molecule has 0 saturated heterocycles. The maximum Gasteiger partial charge on any atom is 0.416 e. The van der Waals surface area contributed by atoms with Crippen LogP contribution >= 0.6 is 22.7 Å². The summed E-state index contributed by atoms with van der Waals surface area (Å²) < 4.78 is 37.9. The molecule has 0 atom stereocenters. The van der Waals surface area contributed by atoms with Gasteiger partial charge in [-0.05, 0) is 23.6 Å². The Bertz CT molecular complexity index is 871. The zero-order chi connectivity index (χ0) is 18.7. The lowest BCUT2D eigenvalue weighted by Gasteiger charge is -2.15. The first-order valence-electron chi connectivity index (χ1n) is 7.71. The maximum absolute atomic E-state index is 12.6. The Labute approximate surface area is 156 Å². The molecule has 0 aliphatic heterocycles. The fourth-order valence-electron chi connectivity index (χ4n) is 2.34. The van der Waals surface area contributed by atoms with Crippen molar-refractivity contribution >= 4 is 28.6 Å². The van der Waals surface area contributed by atoms with Crippen molar-refractivity contribution in [2.75, 3.05) is 7.05 Å². The molecule has 3 nitrogen and oxygen atoms in total. The van der Waals surface area contributed by atoms with Gasteiger partial charge in [0.25, 0.3) is 0 Å². The normalized spacial score (nSPS) is 11.5. The molecule has 1 amide bonds. The van der Waals surface area contributed by atoms with Crippen molar-refractivity contribution in [1.29, 1.82) is 0 Å². The van der Waals surface area contributed by atoms with Gasteiger partial charge >= 0.3 is 6.18 Å². The lowest BCUT2D eigenvalue weighted by Crippen LogP contribution is -2.27. The quantitative estimate of drug-likeness (QED) is 0.602. The number of hydrogen-bond acceptors (Lipinski definition) is 4. The van der Waals surface area contributed by atoms with Crippen molar-refractivity contribution in [3.63, 3.8) is 0 Å². The summed E-state index contributed by atoms with van der Waals surface area (Å²) in [4.78, 5) is 19.4. The highest BCUT2D eigenvalue weighted by atomic mass is 32.1. The molecule has 0 fully saturated rings. The second kappa shape index (κ2) is 7.59. The zero-order valence-electron chi connectivity index (χ0n) is 13.8. The van der Waals surface area contributed by atoms with Crippen molar-refractivity contribution in [3.8, 4) is 10.6 Å². The Kier molecular flexibility index (Phi) is 5.43. The van der Waals surface area contributed by atoms with E-state index in [0.29, 0.717) is 22.8 Å². The highest BCUT2D eigenvalue weighted by Gasteiger charge is 2.30. The summed E-state index contributed by atoms with van der Waals surface area (Å²) in [5.41, 5.74) is 0.532.